The molecule has 0 saturated carbocycles. The number of anilines is 2. The van der Waals surface area contributed by atoms with Crippen molar-refractivity contribution in [2.75, 3.05) is 29.0 Å². The maximum atomic E-state index is 12.7. The number of rotatable bonds is 5. The van der Waals surface area contributed by atoms with E-state index >= 15 is 0 Å². The van der Waals surface area contributed by atoms with Gasteiger partial charge in [-0.1, -0.05) is 11.6 Å². The van der Waals surface area contributed by atoms with Crippen LogP contribution in [0, 0.1) is 0 Å². The van der Waals surface area contributed by atoms with E-state index in [1.807, 2.05) is 48.3 Å². The van der Waals surface area contributed by atoms with Crippen LogP contribution in [0.25, 0.3) is 11.3 Å². The van der Waals surface area contributed by atoms with Crippen molar-refractivity contribution in [1.82, 2.24) is 4.98 Å². The Morgan fingerprint density at radius 1 is 1.13 bits per heavy atom. The van der Waals surface area contributed by atoms with E-state index in [0.717, 1.165) is 23.5 Å². The first kappa shape index (κ1) is 20.6. The monoisotopic (exact) mass is 439 g/mol. The molecule has 0 bridgehead atoms. The fourth-order valence-electron chi connectivity index (χ4n) is 3.27. The molecule has 1 N–H and O–H groups in total. The number of benzene rings is 2. The lowest BCUT2D eigenvalue weighted by molar-refractivity contribution is 0.102. The summed E-state index contributed by atoms with van der Waals surface area (Å²) in [4.78, 5) is 17.1. The Bertz CT molecular complexity index is 1040. The standard InChI is InChI=1S/C23H22ClN3O2S/c1-29-19-10-11-25-22(15-19)20-14-17(6-9-21(20)24)26-23(28)16-4-7-18(8-5-16)27-12-2-3-13-30-27/h4-11,14-15H,2-3,12-13H2,1H3,(H,26,28). The van der Waals surface area contributed by atoms with E-state index in [-0.39, 0.29) is 5.91 Å². The smallest absolute Gasteiger partial charge is 0.255 e. The molecule has 1 fully saturated rings. The molecule has 30 heavy (non-hydrogen) atoms. The number of methoxy groups -OCH3 is 1. The van der Waals surface area contributed by atoms with E-state index in [1.54, 1.807) is 31.5 Å². The summed E-state index contributed by atoms with van der Waals surface area (Å²) in [6.45, 7) is 1.04. The molecule has 7 heteroatoms. The topological polar surface area (TPSA) is 54.5 Å². The second-order valence-electron chi connectivity index (χ2n) is 6.92. The molecule has 3 aromatic rings. The Hall–Kier alpha value is -2.70. The summed E-state index contributed by atoms with van der Waals surface area (Å²) >= 11 is 8.21. The van der Waals surface area contributed by atoms with Gasteiger partial charge >= 0.3 is 0 Å². The van der Waals surface area contributed by atoms with Crippen molar-refractivity contribution in [2.24, 2.45) is 0 Å². The van der Waals surface area contributed by atoms with Crippen LogP contribution in [0.4, 0.5) is 11.4 Å². The van der Waals surface area contributed by atoms with E-state index in [0.29, 0.717) is 27.7 Å². The van der Waals surface area contributed by atoms with Crippen molar-refractivity contribution >= 4 is 40.8 Å². The van der Waals surface area contributed by atoms with Crippen LogP contribution in [-0.4, -0.2) is 30.3 Å². The summed E-state index contributed by atoms with van der Waals surface area (Å²) in [5, 5.41) is 3.50. The molecule has 0 spiro atoms. The molecular weight excluding hydrogens is 418 g/mol. The van der Waals surface area contributed by atoms with Gasteiger partial charge < -0.3 is 14.4 Å². The number of ether oxygens (including phenoxy) is 1. The van der Waals surface area contributed by atoms with Crippen molar-refractivity contribution in [3.63, 3.8) is 0 Å². The van der Waals surface area contributed by atoms with Crippen molar-refractivity contribution in [3.8, 4) is 17.0 Å². The van der Waals surface area contributed by atoms with Gasteiger partial charge in [0.15, 0.2) is 0 Å². The highest BCUT2D eigenvalue weighted by Gasteiger charge is 2.14. The number of pyridine rings is 1. The van der Waals surface area contributed by atoms with Gasteiger partial charge in [0.1, 0.15) is 5.75 Å². The molecule has 5 nitrogen and oxygen atoms in total. The Kier molecular flexibility index (Phi) is 6.45. The van der Waals surface area contributed by atoms with Crippen LogP contribution in [0.1, 0.15) is 23.2 Å². The number of hydrogen-bond acceptors (Lipinski definition) is 5. The minimum atomic E-state index is -0.167. The lowest BCUT2D eigenvalue weighted by Crippen LogP contribution is -2.21. The summed E-state index contributed by atoms with van der Waals surface area (Å²) in [6, 6.07) is 16.7. The Morgan fingerprint density at radius 3 is 2.70 bits per heavy atom. The molecule has 1 aromatic heterocycles. The number of carbonyl (C=O) groups excluding carboxylic acids is 1. The van der Waals surface area contributed by atoms with E-state index in [4.69, 9.17) is 16.3 Å². The van der Waals surface area contributed by atoms with Crippen molar-refractivity contribution in [1.29, 1.82) is 0 Å². The van der Waals surface area contributed by atoms with Crippen LogP contribution in [0.5, 0.6) is 5.75 Å². The molecule has 0 radical (unpaired) electrons. The van der Waals surface area contributed by atoms with Gasteiger partial charge in [-0.3, -0.25) is 9.78 Å². The van der Waals surface area contributed by atoms with E-state index in [9.17, 15) is 4.79 Å². The summed E-state index contributed by atoms with van der Waals surface area (Å²) in [6.07, 6.45) is 4.13. The van der Waals surface area contributed by atoms with Gasteiger partial charge in [-0.15, -0.1) is 0 Å². The third kappa shape index (κ3) is 4.71. The average molecular weight is 440 g/mol. The number of nitrogens with zero attached hydrogens (tertiary/aromatic N) is 2. The molecule has 0 aliphatic carbocycles. The summed E-state index contributed by atoms with van der Waals surface area (Å²) in [7, 11) is 1.60. The van der Waals surface area contributed by atoms with Crippen molar-refractivity contribution < 1.29 is 9.53 Å². The molecule has 154 valence electrons. The SMILES string of the molecule is COc1ccnc(-c2cc(NC(=O)c3ccc(N4CCCCS4)cc3)ccc2Cl)c1. The zero-order chi connectivity index (χ0) is 20.9. The molecule has 1 saturated heterocycles. The Labute approximate surface area is 185 Å². The van der Waals surface area contributed by atoms with E-state index in [1.165, 1.54) is 12.8 Å². The van der Waals surface area contributed by atoms with Crippen LogP contribution >= 0.6 is 23.5 Å². The first-order valence-electron chi connectivity index (χ1n) is 9.76. The van der Waals surface area contributed by atoms with E-state index in [2.05, 4.69) is 14.6 Å². The van der Waals surface area contributed by atoms with Gasteiger partial charge in [0.25, 0.3) is 5.91 Å². The molecule has 1 aliphatic rings. The first-order chi connectivity index (χ1) is 14.6. The summed E-state index contributed by atoms with van der Waals surface area (Å²) in [5.74, 6) is 1.67. The van der Waals surface area contributed by atoms with Crippen molar-refractivity contribution in [3.05, 3.63) is 71.4 Å². The highest BCUT2D eigenvalue weighted by atomic mass is 35.5. The zero-order valence-corrected chi connectivity index (χ0v) is 18.2. The van der Waals surface area contributed by atoms with E-state index < -0.39 is 0 Å². The Balaban J connectivity index is 1.50. The molecule has 2 heterocycles. The minimum absolute atomic E-state index is 0.167. The number of carbonyl (C=O) groups is 1. The van der Waals surface area contributed by atoms with Gasteiger partial charge in [0, 0.05) is 47.1 Å². The predicted octanol–water partition coefficient (Wildman–Crippen LogP) is 5.91. The largest absolute Gasteiger partial charge is 0.497 e. The van der Waals surface area contributed by atoms with Gasteiger partial charge in [0.2, 0.25) is 0 Å². The van der Waals surface area contributed by atoms with Crippen LogP contribution in [0.15, 0.2) is 60.8 Å². The molecule has 4 rings (SSSR count). The lowest BCUT2D eigenvalue weighted by Gasteiger charge is -2.27. The average Bonchev–Trinajstić information content (AvgIpc) is 2.81. The molecule has 0 unspecified atom stereocenters. The van der Waals surface area contributed by atoms with Crippen LogP contribution in [-0.2, 0) is 0 Å². The van der Waals surface area contributed by atoms with Gasteiger partial charge in [0.05, 0.1) is 17.8 Å². The molecular formula is C23H22ClN3O2S. The molecule has 2 aromatic carbocycles. The quantitative estimate of drug-likeness (QED) is 0.500. The number of amides is 1. The maximum Gasteiger partial charge on any atom is 0.255 e. The second kappa shape index (κ2) is 9.41. The second-order valence-corrected chi connectivity index (χ2v) is 8.43. The Morgan fingerprint density at radius 2 is 1.97 bits per heavy atom. The fraction of sp³-hybridized carbons (Fsp3) is 0.217. The first-order valence-corrected chi connectivity index (χ1v) is 11.1. The molecule has 1 amide bonds. The summed E-state index contributed by atoms with van der Waals surface area (Å²) in [5.41, 5.74) is 3.80. The highest BCUT2D eigenvalue weighted by molar-refractivity contribution is 8.00. The highest BCUT2D eigenvalue weighted by Crippen LogP contribution is 2.31. The third-order valence-electron chi connectivity index (χ3n) is 4.89. The van der Waals surface area contributed by atoms with Crippen LogP contribution < -0.4 is 14.4 Å². The van der Waals surface area contributed by atoms with Crippen LogP contribution in [0.3, 0.4) is 0 Å². The van der Waals surface area contributed by atoms with Gasteiger partial charge in [-0.05, 0) is 73.3 Å². The van der Waals surface area contributed by atoms with Gasteiger partial charge in [-0.2, -0.15) is 0 Å². The predicted molar refractivity (Wildman–Crippen MR) is 125 cm³/mol. The molecule has 1 aliphatic heterocycles. The number of aromatic nitrogens is 1. The lowest BCUT2D eigenvalue weighted by atomic mass is 10.1. The molecule has 0 atom stereocenters. The van der Waals surface area contributed by atoms with Crippen molar-refractivity contribution in [2.45, 2.75) is 12.8 Å². The third-order valence-corrected chi connectivity index (χ3v) is 6.39. The zero-order valence-electron chi connectivity index (χ0n) is 16.6. The number of nitrogens with one attached hydrogen (secondary N) is 1. The fourth-order valence-corrected chi connectivity index (χ4v) is 4.56. The number of hydrogen-bond donors (Lipinski definition) is 1. The summed E-state index contributed by atoms with van der Waals surface area (Å²) < 4.78 is 7.55. The minimum Gasteiger partial charge on any atom is -0.497 e. The number of halogens is 1. The normalized spacial score (nSPS) is 13.7. The van der Waals surface area contributed by atoms with Gasteiger partial charge in [-0.25, -0.2) is 0 Å². The van der Waals surface area contributed by atoms with Crippen LogP contribution in [0.2, 0.25) is 5.02 Å². The maximum absolute atomic E-state index is 12.7.